The van der Waals surface area contributed by atoms with Gasteiger partial charge in [0.05, 0.1) is 6.61 Å². The van der Waals surface area contributed by atoms with Gasteiger partial charge in [-0.1, -0.05) is 13.3 Å². The van der Waals surface area contributed by atoms with Crippen LogP contribution in [0.5, 0.6) is 0 Å². The summed E-state index contributed by atoms with van der Waals surface area (Å²) in [4.78, 5) is 0. The van der Waals surface area contributed by atoms with E-state index in [0.717, 1.165) is 12.8 Å². The van der Waals surface area contributed by atoms with E-state index in [9.17, 15) is 13.2 Å². The molecule has 15 heavy (non-hydrogen) atoms. The maximum absolute atomic E-state index is 11.7. The minimum Gasteiger partial charge on any atom is -0.371 e. The second-order valence-electron chi connectivity index (χ2n) is 4.23. The van der Waals surface area contributed by atoms with E-state index in [2.05, 4.69) is 17.0 Å². The molecule has 0 atom stereocenters. The molecule has 0 aromatic heterocycles. The van der Waals surface area contributed by atoms with E-state index in [4.69, 9.17) is 0 Å². The van der Waals surface area contributed by atoms with Gasteiger partial charge in [0.2, 0.25) is 0 Å². The van der Waals surface area contributed by atoms with Crippen LogP contribution < -0.4 is 5.32 Å². The Morgan fingerprint density at radius 1 is 1.20 bits per heavy atom. The molecule has 1 N–H and O–H groups in total. The Labute approximate surface area is 89.2 Å². The topological polar surface area (TPSA) is 21.3 Å². The molecule has 0 unspecified atom stereocenters. The van der Waals surface area contributed by atoms with Crippen LogP contribution in [0.3, 0.4) is 0 Å². The van der Waals surface area contributed by atoms with Crippen LogP contribution in [-0.2, 0) is 4.74 Å². The van der Waals surface area contributed by atoms with Gasteiger partial charge in [0, 0.05) is 12.1 Å². The molecule has 2 nitrogen and oxygen atoms in total. The number of alkyl halides is 3. The Morgan fingerprint density at radius 2 is 1.80 bits per heavy atom. The third-order valence-electron chi connectivity index (χ3n) is 1.99. The van der Waals surface area contributed by atoms with Crippen molar-refractivity contribution in [2.75, 3.05) is 19.8 Å². The molecule has 0 rings (SSSR count). The molecule has 0 heterocycles. The quantitative estimate of drug-likeness (QED) is 0.675. The summed E-state index contributed by atoms with van der Waals surface area (Å²) < 4.78 is 39.6. The Morgan fingerprint density at radius 3 is 2.27 bits per heavy atom. The fraction of sp³-hybridized carbons (Fsp3) is 1.00. The summed E-state index contributed by atoms with van der Waals surface area (Å²) in [6.07, 6.45) is -2.19. The van der Waals surface area contributed by atoms with Crippen LogP contribution in [0, 0.1) is 0 Å². The molecular weight excluding hydrogens is 207 g/mol. The first-order valence-electron chi connectivity index (χ1n) is 5.16. The van der Waals surface area contributed by atoms with E-state index < -0.39 is 12.8 Å². The van der Waals surface area contributed by atoms with Gasteiger partial charge < -0.3 is 10.1 Å². The molecule has 0 amide bonds. The molecule has 0 aromatic rings. The van der Waals surface area contributed by atoms with Gasteiger partial charge in [-0.15, -0.1) is 0 Å². The number of halogens is 3. The minimum absolute atomic E-state index is 0.0314. The number of ether oxygens (including phenoxy) is 1. The van der Waals surface area contributed by atoms with Crippen molar-refractivity contribution in [2.45, 2.75) is 45.3 Å². The van der Waals surface area contributed by atoms with E-state index in [0.29, 0.717) is 6.54 Å². The molecule has 0 aliphatic heterocycles. The Hall–Kier alpha value is -0.290. The summed E-state index contributed by atoms with van der Waals surface area (Å²) in [6.45, 7) is 5.50. The van der Waals surface area contributed by atoms with Crippen molar-refractivity contribution in [2.24, 2.45) is 0 Å². The highest BCUT2D eigenvalue weighted by atomic mass is 19.4. The van der Waals surface area contributed by atoms with Crippen molar-refractivity contribution in [3.05, 3.63) is 0 Å². The third-order valence-corrected chi connectivity index (χ3v) is 1.99. The highest BCUT2D eigenvalue weighted by Crippen LogP contribution is 2.14. The molecule has 0 spiro atoms. The average Bonchev–Trinajstić information content (AvgIpc) is 2.00. The van der Waals surface area contributed by atoms with Gasteiger partial charge in [-0.3, -0.25) is 0 Å². The summed E-state index contributed by atoms with van der Waals surface area (Å²) in [5.74, 6) is 0. The second-order valence-corrected chi connectivity index (χ2v) is 4.23. The van der Waals surface area contributed by atoms with Crippen LogP contribution >= 0.6 is 0 Å². The van der Waals surface area contributed by atoms with Gasteiger partial charge in [0.15, 0.2) is 0 Å². The highest BCUT2D eigenvalue weighted by molar-refractivity contribution is 4.76. The van der Waals surface area contributed by atoms with E-state index in [1.807, 2.05) is 13.8 Å². The van der Waals surface area contributed by atoms with Crippen LogP contribution in [0.25, 0.3) is 0 Å². The average molecular weight is 227 g/mol. The monoisotopic (exact) mass is 227 g/mol. The SMILES string of the molecule is CCCC(C)(C)NCCOCC(F)(F)F. The third kappa shape index (κ3) is 10.0. The summed E-state index contributed by atoms with van der Waals surface area (Å²) in [5, 5.41) is 3.15. The summed E-state index contributed by atoms with van der Waals surface area (Å²) in [6, 6.07) is 0. The lowest BCUT2D eigenvalue weighted by molar-refractivity contribution is -0.173. The maximum atomic E-state index is 11.7. The molecule has 0 bridgehead atoms. The van der Waals surface area contributed by atoms with Gasteiger partial charge in [-0.25, -0.2) is 0 Å². The Bertz CT molecular complexity index is 169. The van der Waals surface area contributed by atoms with Crippen LogP contribution in [0.1, 0.15) is 33.6 Å². The normalized spacial score (nSPS) is 13.2. The highest BCUT2D eigenvalue weighted by Gasteiger charge is 2.27. The summed E-state index contributed by atoms with van der Waals surface area (Å²) >= 11 is 0. The van der Waals surface area contributed by atoms with Crippen LogP contribution in [0.2, 0.25) is 0 Å². The first-order valence-corrected chi connectivity index (χ1v) is 5.16. The van der Waals surface area contributed by atoms with E-state index in [1.54, 1.807) is 0 Å². The van der Waals surface area contributed by atoms with E-state index >= 15 is 0 Å². The van der Waals surface area contributed by atoms with Crippen molar-refractivity contribution in [3.63, 3.8) is 0 Å². The van der Waals surface area contributed by atoms with Gasteiger partial charge >= 0.3 is 6.18 Å². The minimum atomic E-state index is -4.22. The summed E-state index contributed by atoms with van der Waals surface area (Å²) in [5.41, 5.74) is -0.0314. The standard InChI is InChI=1S/C10H20F3NO/c1-4-5-9(2,3)14-6-7-15-8-10(11,12)13/h14H,4-8H2,1-3H3. The van der Waals surface area contributed by atoms with Crippen LogP contribution in [-0.4, -0.2) is 31.5 Å². The Kier molecular flexibility index (Phi) is 6.20. The fourth-order valence-corrected chi connectivity index (χ4v) is 1.36. The molecule has 0 aromatic carbocycles. The number of nitrogens with one attached hydrogen (secondary N) is 1. The van der Waals surface area contributed by atoms with Crippen molar-refractivity contribution in [3.8, 4) is 0 Å². The zero-order valence-corrected chi connectivity index (χ0v) is 9.58. The predicted octanol–water partition coefficient (Wildman–Crippen LogP) is 2.73. The lowest BCUT2D eigenvalue weighted by atomic mass is 9.99. The number of rotatable bonds is 7. The number of hydrogen-bond acceptors (Lipinski definition) is 2. The molecule has 0 aliphatic carbocycles. The molecule has 0 fully saturated rings. The van der Waals surface area contributed by atoms with Gasteiger partial charge in [0.25, 0.3) is 0 Å². The lowest BCUT2D eigenvalue weighted by Crippen LogP contribution is -2.41. The molecule has 5 heteroatoms. The van der Waals surface area contributed by atoms with Crippen LogP contribution in [0.4, 0.5) is 13.2 Å². The molecule has 0 aliphatic rings. The van der Waals surface area contributed by atoms with Crippen LogP contribution in [0.15, 0.2) is 0 Å². The first-order chi connectivity index (χ1) is 6.77. The zero-order valence-electron chi connectivity index (χ0n) is 9.58. The molecule has 0 saturated heterocycles. The molecule has 0 saturated carbocycles. The fourth-order valence-electron chi connectivity index (χ4n) is 1.36. The molecule has 92 valence electrons. The van der Waals surface area contributed by atoms with Gasteiger partial charge in [-0.05, 0) is 20.3 Å². The molecular formula is C10H20F3NO. The smallest absolute Gasteiger partial charge is 0.371 e. The lowest BCUT2D eigenvalue weighted by Gasteiger charge is -2.25. The molecule has 0 radical (unpaired) electrons. The van der Waals surface area contributed by atoms with Gasteiger partial charge in [-0.2, -0.15) is 13.2 Å². The van der Waals surface area contributed by atoms with E-state index in [1.165, 1.54) is 0 Å². The van der Waals surface area contributed by atoms with Crippen molar-refractivity contribution >= 4 is 0 Å². The number of hydrogen-bond donors (Lipinski definition) is 1. The zero-order chi connectivity index (χ0) is 11.9. The second kappa shape index (κ2) is 6.33. The maximum Gasteiger partial charge on any atom is 0.411 e. The van der Waals surface area contributed by atoms with E-state index in [-0.39, 0.29) is 12.1 Å². The van der Waals surface area contributed by atoms with Crippen molar-refractivity contribution in [1.82, 2.24) is 5.32 Å². The Balaban J connectivity index is 3.46. The largest absolute Gasteiger partial charge is 0.411 e. The van der Waals surface area contributed by atoms with Gasteiger partial charge in [0.1, 0.15) is 6.61 Å². The van der Waals surface area contributed by atoms with Crippen molar-refractivity contribution < 1.29 is 17.9 Å². The van der Waals surface area contributed by atoms with Crippen molar-refractivity contribution in [1.29, 1.82) is 0 Å². The first kappa shape index (κ1) is 14.7. The predicted molar refractivity (Wildman–Crippen MR) is 53.9 cm³/mol. The summed E-state index contributed by atoms with van der Waals surface area (Å²) in [7, 11) is 0.